The Morgan fingerprint density at radius 2 is 2.10 bits per heavy atom. The Morgan fingerprint density at radius 3 is 2.85 bits per heavy atom. The van der Waals surface area contributed by atoms with E-state index in [0.717, 1.165) is 0 Å². The number of carbonyl (C=O) groups is 1. The van der Waals surface area contributed by atoms with Crippen molar-refractivity contribution < 1.29 is 4.79 Å². The summed E-state index contributed by atoms with van der Waals surface area (Å²) in [7, 11) is 0. The van der Waals surface area contributed by atoms with Crippen molar-refractivity contribution >= 4 is 11.6 Å². The van der Waals surface area contributed by atoms with Crippen LogP contribution in [-0.4, -0.2) is 30.4 Å². The van der Waals surface area contributed by atoms with Crippen molar-refractivity contribution in [2.24, 2.45) is 0 Å². The van der Waals surface area contributed by atoms with Crippen LogP contribution in [0, 0.1) is 0 Å². The van der Waals surface area contributed by atoms with Crippen LogP contribution in [0.1, 0.15) is 10.5 Å². The van der Waals surface area contributed by atoms with E-state index in [1.807, 2.05) is 0 Å². The maximum absolute atomic E-state index is 12.1. The number of nitrogens with one attached hydrogen (secondary N) is 1. The van der Waals surface area contributed by atoms with E-state index in [-0.39, 0.29) is 11.6 Å². The highest BCUT2D eigenvalue weighted by Gasteiger charge is 2.09. The maximum Gasteiger partial charge on any atom is 0.274 e. The highest BCUT2D eigenvalue weighted by atomic mass is 16.1. The molecule has 0 bridgehead atoms. The van der Waals surface area contributed by atoms with Crippen LogP contribution in [-0.2, 0) is 0 Å². The molecule has 7 heteroatoms. The summed E-state index contributed by atoms with van der Waals surface area (Å²) in [6.07, 6.45) is 9.62. The predicted molar refractivity (Wildman–Crippen MR) is 71.3 cm³/mol. The number of nitrogens with zero attached hydrogens (tertiary/aromatic N) is 5. The first-order chi connectivity index (χ1) is 9.83. The number of rotatable bonds is 3. The summed E-state index contributed by atoms with van der Waals surface area (Å²) in [6.45, 7) is 0. The van der Waals surface area contributed by atoms with Crippen LogP contribution in [0.2, 0.25) is 0 Å². The molecule has 7 nitrogen and oxygen atoms in total. The summed E-state index contributed by atoms with van der Waals surface area (Å²) >= 11 is 0. The molecule has 1 N–H and O–H groups in total. The molecule has 3 heterocycles. The molecule has 0 fully saturated rings. The average molecular weight is 266 g/mol. The lowest BCUT2D eigenvalue weighted by molar-refractivity contribution is 0.102. The summed E-state index contributed by atoms with van der Waals surface area (Å²) < 4.78 is 1.63. The lowest BCUT2D eigenvalue weighted by atomic mass is 10.3. The third-order valence-corrected chi connectivity index (χ3v) is 2.53. The Balaban J connectivity index is 1.84. The normalized spacial score (nSPS) is 10.2. The van der Waals surface area contributed by atoms with Crippen LogP contribution in [0.5, 0.6) is 0 Å². The molecule has 3 aromatic heterocycles. The molecule has 0 spiro atoms. The second kappa shape index (κ2) is 5.27. The minimum atomic E-state index is -0.318. The zero-order valence-corrected chi connectivity index (χ0v) is 10.3. The van der Waals surface area contributed by atoms with Crippen molar-refractivity contribution in [2.75, 3.05) is 5.32 Å². The molecule has 3 rings (SSSR count). The molecule has 0 aliphatic heterocycles. The van der Waals surface area contributed by atoms with E-state index in [1.54, 1.807) is 53.9 Å². The summed E-state index contributed by atoms with van der Waals surface area (Å²) in [5, 5.41) is 2.71. The van der Waals surface area contributed by atoms with Crippen molar-refractivity contribution in [3.63, 3.8) is 0 Å². The van der Waals surface area contributed by atoms with Crippen molar-refractivity contribution in [2.45, 2.75) is 0 Å². The quantitative estimate of drug-likeness (QED) is 0.772. The van der Waals surface area contributed by atoms with E-state index in [1.165, 1.54) is 6.20 Å². The summed E-state index contributed by atoms with van der Waals surface area (Å²) in [6, 6.07) is 5.04. The fourth-order valence-electron chi connectivity index (χ4n) is 1.61. The molecule has 98 valence electrons. The lowest BCUT2D eigenvalue weighted by Crippen LogP contribution is -2.15. The van der Waals surface area contributed by atoms with Gasteiger partial charge in [-0.2, -0.15) is 0 Å². The van der Waals surface area contributed by atoms with Gasteiger partial charge in [-0.25, -0.2) is 15.0 Å². The van der Waals surface area contributed by atoms with E-state index in [9.17, 15) is 4.79 Å². The molecule has 0 unspecified atom stereocenters. The minimum absolute atomic E-state index is 0.271. The molecular weight excluding hydrogens is 256 g/mol. The number of imidazole rings is 1. The third kappa shape index (κ3) is 2.51. The third-order valence-electron chi connectivity index (χ3n) is 2.53. The number of aromatic nitrogens is 5. The standard InChI is InChI=1S/C13H10N6O/c20-12(17-10-2-1-4-14-8-10)11-3-5-16-13(18-11)19-7-6-15-9-19/h1-9H,(H,17,20). The van der Waals surface area contributed by atoms with Gasteiger partial charge in [0.25, 0.3) is 5.91 Å². The highest BCUT2D eigenvalue weighted by molar-refractivity contribution is 6.02. The molecule has 0 saturated heterocycles. The van der Waals surface area contributed by atoms with Crippen LogP contribution in [0.25, 0.3) is 5.95 Å². The number of hydrogen-bond acceptors (Lipinski definition) is 5. The van der Waals surface area contributed by atoms with Crippen LogP contribution in [0.4, 0.5) is 5.69 Å². The Morgan fingerprint density at radius 1 is 1.15 bits per heavy atom. The molecule has 1 amide bonds. The van der Waals surface area contributed by atoms with E-state index in [4.69, 9.17) is 0 Å². The van der Waals surface area contributed by atoms with Crippen LogP contribution in [0.15, 0.2) is 55.5 Å². The van der Waals surface area contributed by atoms with Gasteiger partial charge in [0.1, 0.15) is 12.0 Å². The topological polar surface area (TPSA) is 85.6 Å². The summed E-state index contributed by atoms with van der Waals surface area (Å²) in [4.78, 5) is 28.2. The van der Waals surface area contributed by atoms with Crippen molar-refractivity contribution in [1.82, 2.24) is 24.5 Å². The number of carbonyl (C=O) groups excluding carboxylic acids is 1. The molecule has 3 aromatic rings. The van der Waals surface area contributed by atoms with Gasteiger partial charge in [-0.05, 0) is 18.2 Å². The zero-order valence-electron chi connectivity index (χ0n) is 10.3. The Hall–Kier alpha value is -3.09. The average Bonchev–Trinajstić information content (AvgIpc) is 3.03. The Bertz CT molecular complexity index is 711. The smallest absolute Gasteiger partial charge is 0.274 e. The van der Waals surface area contributed by atoms with Crippen LogP contribution in [0.3, 0.4) is 0 Å². The highest BCUT2D eigenvalue weighted by Crippen LogP contribution is 2.07. The monoisotopic (exact) mass is 266 g/mol. The van der Waals surface area contributed by atoms with E-state index in [2.05, 4.69) is 25.3 Å². The van der Waals surface area contributed by atoms with Crippen molar-refractivity contribution in [3.8, 4) is 5.95 Å². The van der Waals surface area contributed by atoms with E-state index >= 15 is 0 Å². The predicted octanol–water partition coefficient (Wildman–Crippen LogP) is 1.31. The van der Waals surface area contributed by atoms with Gasteiger partial charge in [0, 0.05) is 24.8 Å². The van der Waals surface area contributed by atoms with Gasteiger partial charge in [-0.15, -0.1) is 0 Å². The number of pyridine rings is 1. The summed E-state index contributed by atoms with van der Waals surface area (Å²) in [5.74, 6) is 0.0723. The molecule has 0 radical (unpaired) electrons. The fraction of sp³-hybridized carbons (Fsp3) is 0. The number of anilines is 1. The maximum atomic E-state index is 12.1. The van der Waals surface area contributed by atoms with Gasteiger partial charge in [0.05, 0.1) is 11.9 Å². The molecule has 0 aliphatic rings. The Labute approximate surface area is 114 Å². The van der Waals surface area contributed by atoms with Crippen molar-refractivity contribution in [3.05, 3.63) is 61.2 Å². The van der Waals surface area contributed by atoms with Gasteiger partial charge >= 0.3 is 0 Å². The first-order valence-electron chi connectivity index (χ1n) is 5.86. The fourth-order valence-corrected chi connectivity index (χ4v) is 1.61. The van der Waals surface area contributed by atoms with Gasteiger partial charge in [0.15, 0.2) is 0 Å². The van der Waals surface area contributed by atoms with Crippen LogP contribution < -0.4 is 5.32 Å². The lowest BCUT2D eigenvalue weighted by Gasteiger charge is -2.05. The molecule has 0 aliphatic carbocycles. The number of amides is 1. The summed E-state index contributed by atoms with van der Waals surface area (Å²) in [5.41, 5.74) is 0.882. The second-order valence-corrected chi connectivity index (χ2v) is 3.91. The molecule has 0 saturated carbocycles. The van der Waals surface area contributed by atoms with Gasteiger partial charge < -0.3 is 5.32 Å². The minimum Gasteiger partial charge on any atom is -0.319 e. The SMILES string of the molecule is O=C(Nc1cccnc1)c1ccnc(-n2ccnc2)n1. The van der Waals surface area contributed by atoms with Crippen molar-refractivity contribution in [1.29, 1.82) is 0 Å². The van der Waals surface area contributed by atoms with E-state index in [0.29, 0.717) is 11.6 Å². The van der Waals surface area contributed by atoms with Crippen LogP contribution >= 0.6 is 0 Å². The molecular formula is C13H10N6O. The largest absolute Gasteiger partial charge is 0.319 e. The van der Waals surface area contributed by atoms with Gasteiger partial charge in [-0.1, -0.05) is 0 Å². The van der Waals surface area contributed by atoms with Gasteiger partial charge in [0.2, 0.25) is 5.95 Å². The second-order valence-electron chi connectivity index (χ2n) is 3.91. The first-order valence-corrected chi connectivity index (χ1v) is 5.86. The molecule has 0 aromatic carbocycles. The van der Waals surface area contributed by atoms with Gasteiger partial charge in [-0.3, -0.25) is 14.3 Å². The molecule has 20 heavy (non-hydrogen) atoms. The number of hydrogen-bond donors (Lipinski definition) is 1. The molecule has 0 atom stereocenters. The zero-order chi connectivity index (χ0) is 13.8. The first kappa shape index (κ1) is 12.0. The van der Waals surface area contributed by atoms with E-state index < -0.39 is 0 Å². The Kier molecular flexibility index (Phi) is 3.15.